The van der Waals surface area contributed by atoms with Gasteiger partial charge in [-0.15, -0.1) is 0 Å². The average Bonchev–Trinajstić information content (AvgIpc) is 2.91. The minimum atomic E-state index is -4.16. The van der Waals surface area contributed by atoms with E-state index in [-0.39, 0.29) is 34.1 Å². The van der Waals surface area contributed by atoms with Gasteiger partial charge in [0.15, 0.2) is 0 Å². The molecular formula is C28H31BrClN3O4S. The van der Waals surface area contributed by atoms with Gasteiger partial charge in [-0.2, -0.15) is 0 Å². The Bertz CT molecular complexity index is 1350. The quantitative estimate of drug-likeness (QED) is 0.301. The summed E-state index contributed by atoms with van der Waals surface area (Å²) < 4.78 is 29.4. The topological polar surface area (TPSA) is 86.8 Å². The molecule has 0 aliphatic rings. The van der Waals surface area contributed by atoms with Gasteiger partial charge in [0.05, 0.1) is 15.6 Å². The Morgan fingerprint density at radius 3 is 2.16 bits per heavy atom. The number of halogens is 2. The summed E-state index contributed by atoms with van der Waals surface area (Å²) in [4.78, 5) is 28.4. The van der Waals surface area contributed by atoms with Crippen molar-refractivity contribution in [2.75, 3.05) is 10.8 Å². The summed E-state index contributed by atoms with van der Waals surface area (Å²) in [7, 11) is -4.16. The molecule has 202 valence electrons. The zero-order valence-electron chi connectivity index (χ0n) is 21.5. The molecule has 0 bridgehead atoms. The van der Waals surface area contributed by atoms with Crippen LogP contribution < -0.4 is 9.62 Å². The van der Waals surface area contributed by atoms with Crippen molar-refractivity contribution in [3.63, 3.8) is 0 Å². The maximum Gasteiger partial charge on any atom is 0.264 e. The van der Waals surface area contributed by atoms with Crippen LogP contribution in [0.5, 0.6) is 0 Å². The first-order valence-corrected chi connectivity index (χ1v) is 14.8. The monoisotopic (exact) mass is 619 g/mol. The number of hydrogen-bond acceptors (Lipinski definition) is 4. The third-order valence-electron chi connectivity index (χ3n) is 6.17. The summed E-state index contributed by atoms with van der Waals surface area (Å²) in [6.07, 6.45) is 0.731. The number of carbonyl (C=O) groups excluding carboxylic acids is 2. The second kappa shape index (κ2) is 13.3. The smallest absolute Gasteiger partial charge is 0.264 e. The molecule has 0 aromatic heterocycles. The zero-order valence-corrected chi connectivity index (χ0v) is 24.6. The highest BCUT2D eigenvalue weighted by molar-refractivity contribution is 9.10. The van der Waals surface area contributed by atoms with Gasteiger partial charge in [-0.1, -0.05) is 76.9 Å². The highest BCUT2D eigenvalue weighted by Gasteiger charge is 2.33. The molecule has 3 aromatic carbocycles. The van der Waals surface area contributed by atoms with Crippen LogP contribution in [0.2, 0.25) is 5.02 Å². The Morgan fingerprint density at radius 2 is 1.55 bits per heavy atom. The molecule has 7 nitrogen and oxygen atoms in total. The molecule has 38 heavy (non-hydrogen) atoms. The van der Waals surface area contributed by atoms with Crippen molar-refractivity contribution >= 4 is 55.1 Å². The summed E-state index contributed by atoms with van der Waals surface area (Å²) in [5.41, 5.74) is 0.964. The minimum absolute atomic E-state index is 0.0229. The summed E-state index contributed by atoms with van der Waals surface area (Å²) in [5.74, 6) is -0.862. The van der Waals surface area contributed by atoms with Crippen molar-refractivity contribution in [3.05, 3.63) is 93.9 Å². The van der Waals surface area contributed by atoms with Gasteiger partial charge in [0.25, 0.3) is 10.0 Å². The number of carbonyl (C=O) groups is 2. The number of hydrogen-bond donors (Lipinski definition) is 1. The lowest BCUT2D eigenvalue weighted by molar-refractivity contribution is -0.139. The Labute approximate surface area is 238 Å². The van der Waals surface area contributed by atoms with Crippen molar-refractivity contribution in [1.29, 1.82) is 0 Å². The number of nitrogens with one attached hydrogen (secondary N) is 1. The number of anilines is 1. The lowest BCUT2D eigenvalue weighted by Gasteiger charge is -2.32. The number of rotatable bonds is 11. The predicted molar refractivity (Wildman–Crippen MR) is 154 cm³/mol. The van der Waals surface area contributed by atoms with Crippen molar-refractivity contribution in [2.45, 2.75) is 50.7 Å². The molecule has 0 aliphatic carbocycles. The Morgan fingerprint density at radius 1 is 0.947 bits per heavy atom. The molecule has 1 N–H and O–H groups in total. The molecule has 0 fully saturated rings. The van der Waals surface area contributed by atoms with E-state index < -0.39 is 28.5 Å². The molecule has 0 radical (unpaired) electrons. The first-order chi connectivity index (χ1) is 18.0. The lowest BCUT2D eigenvalue weighted by atomic mass is 10.1. The fraction of sp³-hybridized carbons (Fsp3) is 0.286. The summed E-state index contributed by atoms with van der Waals surface area (Å²) in [6.45, 7) is 5.05. The molecule has 3 rings (SSSR count). The van der Waals surface area contributed by atoms with Crippen molar-refractivity contribution in [3.8, 4) is 0 Å². The largest absolute Gasteiger partial charge is 0.352 e. The number of sulfonamides is 1. The normalized spacial score (nSPS) is 12.9. The number of amides is 2. The molecule has 0 spiro atoms. The van der Waals surface area contributed by atoms with Crippen LogP contribution in [0.4, 0.5) is 5.69 Å². The van der Waals surface area contributed by atoms with Crippen LogP contribution in [0.3, 0.4) is 0 Å². The average molecular weight is 621 g/mol. The van der Waals surface area contributed by atoms with Gasteiger partial charge in [-0.25, -0.2) is 8.42 Å². The highest BCUT2D eigenvalue weighted by Crippen LogP contribution is 2.30. The summed E-state index contributed by atoms with van der Waals surface area (Å²) in [5, 5.41) is 3.10. The summed E-state index contributed by atoms with van der Waals surface area (Å²) >= 11 is 9.81. The van der Waals surface area contributed by atoms with E-state index in [0.717, 1.165) is 20.8 Å². The zero-order chi connectivity index (χ0) is 27.9. The minimum Gasteiger partial charge on any atom is -0.352 e. The van der Waals surface area contributed by atoms with Crippen LogP contribution >= 0.6 is 27.5 Å². The molecule has 0 unspecified atom stereocenters. The maximum absolute atomic E-state index is 13.9. The van der Waals surface area contributed by atoms with E-state index in [0.29, 0.717) is 0 Å². The van der Waals surface area contributed by atoms with Gasteiger partial charge in [0, 0.05) is 17.1 Å². The molecule has 0 saturated heterocycles. The van der Waals surface area contributed by atoms with Crippen LogP contribution in [0.25, 0.3) is 0 Å². The van der Waals surface area contributed by atoms with E-state index in [2.05, 4.69) is 21.2 Å². The van der Waals surface area contributed by atoms with E-state index in [1.54, 1.807) is 49.4 Å². The molecular weight excluding hydrogens is 590 g/mol. The highest BCUT2D eigenvalue weighted by atomic mass is 79.9. The van der Waals surface area contributed by atoms with Crippen LogP contribution in [0, 0.1) is 0 Å². The number of para-hydroxylation sites is 1. The molecule has 2 atom stereocenters. The standard InChI is InChI=1S/C28H31BrClN3O4S/c1-4-20(2)31-28(35)21(3)32(18-22-14-16-23(29)17-15-22)27(34)19-33(26-13-9-8-12-25(26)30)38(36,37)24-10-6-5-7-11-24/h5-17,20-21H,4,18-19H2,1-3H3,(H,31,35)/t20-,21+/m0/s1. The van der Waals surface area contributed by atoms with E-state index >= 15 is 0 Å². The maximum atomic E-state index is 13.9. The molecule has 10 heteroatoms. The fourth-order valence-electron chi connectivity index (χ4n) is 3.72. The molecule has 3 aromatic rings. The Kier molecular flexibility index (Phi) is 10.4. The SMILES string of the molecule is CC[C@H](C)NC(=O)[C@@H](C)N(Cc1ccc(Br)cc1)C(=O)CN(c1ccccc1Cl)S(=O)(=O)c1ccccc1. The predicted octanol–water partition coefficient (Wildman–Crippen LogP) is 5.63. The van der Waals surface area contributed by atoms with E-state index in [1.807, 2.05) is 38.1 Å². The molecule has 0 saturated carbocycles. The molecule has 0 aliphatic heterocycles. The number of benzene rings is 3. The molecule has 2 amide bonds. The van der Waals surface area contributed by atoms with Crippen LogP contribution in [0.1, 0.15) is 32.8 Å². The summed E-state index contributed by atoms with van der Waals surface area (Å²) in [6, 6.07) is 20.8. The van der Waals surface area contributed by atoms with Crippen LogP contribution in [0.15, 0.2) is 88.2 Å². The van der Waals surface area contributed by atoms with Gasteiger partial charge in [0.2, 0.25) is 11.8 Å². The third-order valence-corrected chi connectivity index (χ3v) is 8.79. The first kappa shape index (κ1) is 29.7. The van der Waals surface area contributed by atoms with E-state index in [4.69, 9.17) is 11.6 Å². The van der Waals surface area contributed by atoms with Gasteiger partial charge in [-0.3, -0.25) is 13.9 Å². The van der Waals surface area contributed by atoms with E-state index in [1.165, 1.54) is 17.0 Å². The first-order valence-electron chi connectivity index (χ1n) is 12.2. The molecule has 0 heterocycles. The van der Waals surface area contributed by atoms with Gasteiger partial charge >= 0.3 is 0 Å². The Balaban J connectivity index is 2.02. The van der Waals surface area contributed by atoms with Gasteiger partial charge in [-0.05, 0) is 62.2 Å². The fourth-order valence-corrected chi connectivity index (χ4v) is 5.73. The lowest BCUT2D eigenvalue weighted by Crippen LogP contribution is -2.52. The van der Waals surface area contributed by atoms with Crippen molar-refractivity contribution in [1.82, 2.24) is 10.2 Å². The van der Waals surface area contributed by atoms with Gasteiger partial charge in [0.1, 0.15) is 12.6 Å². The number of nitrogens with zero attached hydrogens (tertiary/aromatic N) is 2. The second-order valence-corrected chi connectivity index (χ2v) is 12.1. The van der Waals surface area contributed by atoms with E-state index in [9.17, 15) is 18.0 Å². The van der Waals surface area contributed by atoms with Gasteiger partial charge < -0.3 is 10.2 Å². The second-order valence-electron chi connectivity index (χ2n) is 8.92. The van der Waals surface area contributed by atoms with Crippen LogP contribution in [-0.2, 0) is 26.2 Å². The van der Waals surface area contributed by atoms with Crippen LogP contribution in [-0.4, -0.2) is 43.8 Å². The Hall–Kier alpha value is -2.88. The van der Waals surface area contributed by atoms with Crippen molar-refractivity contribution < 1.29 is 18.0 Å². The third kappa shape index (κ3) is 7.36. The van der Waals surface area contributed by atoms with Crippen molar-refractivity contribution in [2.24, 2.45) is 0 Å².